The predicted molar refractivity (Wildman–Crippen MR) is 71.3 cm³/mol. The lowest BCUT2D eigenvalue weighted by Gasteiger charge is -2.22. The molecular formula is C11H17BrN2OS. The normalized spacial score (nSPS) is 12.9. The summed E-state index contributed by atoms with van der Waals surface area (Å²) in [6.07, 6.45) is 0. The number of thiophene rings is 1. The van der Waals surface area contributed by atoms with Crippen LogP contribution in [0.5, 0.6) is 0 Å². The van der Waals surface area contributed by atoms with Crippen LogP contribution in [0.15, 0.2) is 15.9 Å². The van der Waals surface area contributed by atoms with E-state index in [0.29, 0.717) is 6.54 Å². The fourth-order valence-electron chi connectivity index (χ4n) is 1.29. The molecule has 0 spiro atoms. The molecule has 1 heterocycles. The Kier molecular flexibility index (Phi) is 4.95. The van der Waals surface area contributed by atoms with Gasteiger partial charge in [0.1, 0.15) is 0 Å². The molecular weight excluding hydrogens is 288 g/mol. The molecule has 0 aromatic carbocycles. The molecule has 16 heavy (non-hydrogen) atoms. The number of likely N-dealkylation sites (N-methyl/N-ethyl adjacent to an activating group) is 1. The highest BCUT2D eigenvalue weighted by Gasteiger charge is 2.21. The van der Waals surface area contributed by atoms with E-state index < -0.39 is 6.04 Å². The third-order valence-electron chi connectivity index (χ3n) is 2.40. The molecule has 5 heteroatoms. The topological polar surface area (TPSA) is 46.3 Å². The van der Waals surface area contributed by atoms with Gasteiger partial charge in [0.2, 0.25) is 5.91 Å². The van der Waals surface area contributed by atoms with Gasteiger partial charge in [-0.15, -0.1) is 11.3 Å². The molecule has 90 valence electrons. The standard InChI is InChI=1S/C11H17BrN2OS/c1-7(2)10(13)11(15)14(3)6-8-4-5-9(12)16-8/h4-5,7,10H,6,13H2,1-3H3. The van der Waals surface area contributed by atoms with Crippen molar-refractivity contribution in [3.63, 3.8) is 0 Å². The van der Waals surface area contributed by atoms with Crippen molar-refractivity contribution in [3.8, 4) is 0 Å². The quantitative estimate of drug-likeness (QED) is 0.929. The largest absolute Gasteiger partial charge is 0.339 e. The second kappa shape index (κ2) is 5.80. The first kappa shape index (κ1) is 13.7. The molecule has 0 aliphatic rings. The van der Waals surface area contributed by atoms with Gasteiger partial charge in [-0.3, -0.25) is 4.79 Å². The highest BCUT2D eigenvalue weighted by molar-refractivity contribution is 9.11. The highest BCUT2D eigenvalue weighted by atomic mass is 79.9. The average molecular weight is 305 g/mol. The summed E-state index contributed by atoms with van der Waals surface area (Å²) >= 11 is 5.04. The lowest BCUT2D eigenvalue weighted by Crippen LogP contribution is -2.44. The van der Waals surface area contributed by atoms with Crippen LogP contribution in [-0.2, 0) is 11.3 Å². The number of rotatable bonds is 4. The Labute approximate surface area is 109 Å². The number of halogens is 1. The van der Waals surface area contributed by atoms with Gasteiger partial charge in [-0.2, -0.15) is 0 Å². The molecule has 1 aromatic rings. The van der Waals surface area contributed by atoms with Crippen LogP contribution < -0.4 is 5.73 Å². The van der Waals surface area contributed by atoms with Crippen LogP contribution >= 0.6 is 27.3 Å². The van der Waals surface area contributed by atoms with E-state index in [9.17, 15) is 4.79 Å². The Balaban J connectivity index is 2.58. The Bertz CT molecular complexity index is 365. The first-order valence-corrected chi connectivity index (χ1v) is 6.77. The number of carbonyl (C=O) groups excluding carboxylic acids is 1. The van der Waals surface area contributed by atoms with Crippen LogP contribution in [0, 0.1) is 5.92 Å². The van der Waals surface area contributed by atoms with E-state index in [1.54, 1.807) is 23.3 Å². The smallest absolute Gasteiger partial charge is 0.239 e. The Hall–Kier alpha value is -0.390. The molecule has 0 aliphatic carbocycles. The molecule has 1 atom stereocenters. The number of carbonyl (C=O) groups is 1. The summed E-state index contributed by atoms with van der Waals surface area (Å²) in [4.78, 5) is 14.7. The maximum atomic E-state index is 11.9. The molecule has 0 saturated heterocycles. The van der Waals surface area contributed by atoms with Gasteiger partial charge in [0, 0.05) is 11.9 Å². The second-order valence-corrected chi connectivity index (χ2v) is 6.72. The Morgan fingerprint density at radius 3 is 2.62 bits per heavy atom. The van der Waals surface area contributed by atoms with E-state index in [0.717, 1.165) is 8.66 Å². The lowest BCUT2D eigenvalue weighted by molar-refractivity contribution is -0.132. The van der Waals surface area contributed by atoms with Crippen molar-refractivity contribution in [3.05, 3.63) is 20.8 Å². The van der Waals surface area contributed by atoms with Crippen LogP contribution in [-0.4, -0.2) is 23.9 Å². The molecule has 0 saturated carbocycles. The third kappa shape index (κ3) is 3.57. The molecule has 2 N–H and O–H groups in total. The van der Waals surface area contributed by atoms with Crippen LogP contribution in [0.3, 0.4) is 0 Å². The molecule has 1 unspecified atom stereocenters. The zero-order chi connectivity index (χ0) is 12.3. The van der Waals surface area contributed by atoms with Crippen LogP contribution in [0.4, 0.5) is 0 Å². The Morgan fingerprint density at radius 2 is 2.19 bits per heavy atom. The Morgan fingerprint density at radius 1 is 1.56 bits per heavy atom. The minimum absolute atomic E-state index is 0.000442. The van der Waals surface area contributed by atoms with Gasteiger partial charge in [-0.05, 0) is 34.0 Å². The van der Waals surface area contributed by atoms with Crippen molar-refractivity contribution < 1.29 is 4.79 Å². The third-order valence-corrected chi connectivity index (χ3v) is 4.01. The minimum Gasteiger partial charge on any atom is -0.339 e. The van der Waals surface area contributed by atoms with Crippen LogP contribution in [0.25, 0.3) is 0 Å². The van der Waals surface area contributed by atoms with Crippen molar-refractivity contribution in [1.82, 2.24) is 4.90 Å². The van der Waals surface area contributed by atoms with Gasteiger partial charge in [0.15, 0.2) is 0 Å². The molecule has 0 bridgehead atoms. The zero-order valence-electron chi connectivity index (χ0n) is 9.74. The molecule has 1 amide bonds. The maximum Gasteiger partial charge on any atom is 0.239 e. The molecule has 0 radical (unpaired) electrons. The molecule has 0 fully saturated rings. The van der Waals surface area contributed by atoms with Gasteiger partial charge >= 0.3 is 0 Å². The summed E-state index contributed by atoms with van der Waals surface area (Å²) in [6, 6.07) is 3.59. The molecule has 1 rings (SSSR count). The minimum atomic E-state index is -0.409. The zero-order valence-corrected chi connectivity index (χ0v) is 12.1. The van der Waals surface area contributed by atoms with Crippen molar-refractivity contribution in [1.29, 1.82) is 0 Å². The number of nitrogens with zero attached hydrogens (tertiary/aromatic N) is 1. The van der Waals surface area contributed by atoms with E-state index in [2.05, 4.69) is 15.9 Å². The first-order chi connectivity index (χ1) is 7.41. The van der Waals surface area contributed by atoms with Gasteiger partial charge in [-0.1, -0.05) is 13.8 Å². The SMILES string of the molecule is CC(C)C(N)C(=O)N(C)Cc1ccc(Br)s1. The van der Waals surface area contributed by atoms with Crippen molar-refractivity contribution in [2.24, 2.45) is 11.7 Å². The highest BCUT2D eigenvalue weighted by Crippen LogP contribution is 2.23. The average Bonchev–Trinajstić information content (AvgIpc) is 2.61. The van der Waals surface area contributed by atoms with Crippen LogP contribution in [0.1, 0.15) is 18.7 Å². The fourth-order valence-corrected chi connectivity index (χ4v) is 2.82. The van der Waals surface area contributed by atoms with E-state index in [-0.39, 0.29) is 11.8 Å². The second-order valence-electron chi connectivity index (χ2n) is 4.17. The monoisotopic (exact) mass is 304 g/mol. The number of nitrogens with two attached hydrogens (primary N) is 1. The van der Waals surface area contributed by atoms with Gasteiger partial charge in [0.05, 0.1) is 16.4 Å². The fraction of sp³-hybridized carbons (Fsp3) is 0.545. The van der Waals surface area contributed by atoms with Gasteiger partial charge in [0.25, 0.3) is 0 Å². The maximum absolute atomic E-state index is 11.9. The number of hydrogen-bond acceptors (Lipinski definition) is 3. The van der Waals surface area contributed by atoms with E-state index in [1.807, 2.05) is 26.0 Å². The van der Waals surface area contributed by atoms with Crippen molar-refractivity contribution in [2.45, 2.75) is 26.4 Å². The first-order valence-electron chi connectivity index (χ1n) is 5.16. The summed E-state index contributed by atoms with van der Waals surface area (Å²) in [7, 11) is 1.79. The summed E-state index contributed by atoms with van der Waals surface area (Å²) in [6.45, 7) is 4.53. The predicted octanol–water partition coefficient (Wildman–Crippen LogP) is 2.45. The molecule has 1 aromatic heterocycles. The van der Waals surface area contributed by atoms with Gasteiger partial charge < -0.3 is 10.6 Å². The van der Waals surface area contributed by atoms with E-state index in [1.165, 1.54) is 0 Å². The van der Waals surface area contributed by atoms with Gasteiger partial charge in [-0.25, -0.2) is 0 Å². The number of hydrogen-bond donors (Lipinski definition) is 1. The lowest BCUT2D eigenvalue weighted by atomic mass is 10.0. The number of amides is 1. The molecule has 3 nitrogen and oxygen atoms in total. The summed E-state index contributed by atoms with van der Waals surface area (Å²) in [5.41, 5.74) is 5.82. The van der Waals surface area contributed by atoms with E-state index in [4.69, 9.17) is 5.73 Å². The van der Waals surface area contributed by atoms with Crippen molar-refractivity contribution in [2.75, 3.05) is 7.05 Å². The summed E-state index contributed by atoms with van der Waals surface area (Å²) < 4.78 is 1.08. The van der Waals surface area contributed by atoms with E-state index >= 15 is 0 Å². The molecule has 0 aliphatic heterocycles. The summed E-state index contributed by atoms with van der Waals surface area (Å²) in [5, 5.41) is 0. The van der Waals surface area contributed by atoms with Crippen molar-refractivity contribution >= 4 is 33.2 Å². The summed E-state index contributed by atoms with van der Waals surface area (Å²) in [5.74, 6) is 0.171. The van der Waals surface area contributed by atoms with Crippen LogP contribution in [0.2, 0.25) is 0 Å².